The molecule has 0 saturated carbocycles. The van der Waals surface area contributed by atoms with Crippen LogP contribution in [0.2, 0.25) is 0 Å². The Morgan fingerprint density at radius 2 is 2.12 bits per heavy atom. The molecule has 0 bridgehead atoms. The molecule has 0 aliphatic rings. The highest BCUT2D eigenvalue weighted by molar-refractivity contribution is 7.99. The number of rotatable bonds is 9. The van der Waals surface area contributed by atoms with E-state index in [-0.39, 0.29) is 17.4 Å². The fraction of sp³-hybridized carbons (Fsp3) is 0.471. The monoisotopic (exact) mass is 379 g/mol. The first kappa shape index (κ1) is 20.0. The third-order valence-corrected chi connectivity index (χ3v) is 4.47. The quantitative estimate of drug-likeness (QED) is 0.530. The van der Waals surface area contributed by atoms with E-state index in [0.29, 0.717) is 41.7 Å². The lowest BCUT2D eigenvalue weighted by atomic mass is 10.1. The number of hydrogen-bond acceptors (Lipinski definition) is 6. The third-order valence-electron chi connectivity index (χ3n) is 3.51. The molecular formula is C17H22FN5O2S. The van der Waals surface area contributed by atoms with Crippen molar-refractivity contribution in [2.75, 3.05) is 12.3 Å². The number of carbonyl (C=O) groups excluding carboxylic acids is 2. The normalized spacial score (nSPS) is 11.0. The molecule has 0 spiro atoms. The van der Waals surface area contributed by atoms with Gasteiger partial charge in [-0.15, -0.1) is 5.10 Å². The van der Waals surface area contributed by atoms with Gasteiger partial charge in [0.2, 0.25) is 11.1 Å². The average Bonchev–Trinajstić information content (AvgIpc) is 3.00. The van der Waals surface area contributed by atoms with Crippen LogP contribution < -0.4 is 5.32 Å². The molecule has 9 heteroatoms. The van der Waals surface area contributed by atoms with Gasteiger partial charge in [0.05, 0.1) is 5.75 Å². The summed E-state index contributed by atoms with van der Waals surface area (Å²) in [5.74, 6) is -0.289. The summed E-state index contributed by atoms with van der Waals surface area (Å²) in [6.45, 7) is 6.54. The van der Waals surface area contributed by atoms with E-state index in [1.54, 1.807) is 16.8 Å². The van der Waals surface area contributed by atoms with Gasteiger partial charge in [0.15, 0.2) is 5.78 Å². The van der Waals surface area contributed by atoms with Crippen LogP contribution in [0.15, 0.2) is 23.4 Å². The van der Waals surface area contributed by atoms with E-state index in [4.69, 9.17) is 0 Å². The number of aromatic nitrogens is 4. The lowest BCUT2D eigenvalue weighted by Crippen LogP contribution is -2.22. The zero-order valence-electron chi connectivity index (χ0n) is 15.0. The molecule has 0 fully saturated rings. The van der Waals surface area contributed by atoms with Crippen molar-refractivity contribution in [3.05, 3.63) is 35.1 Å². The highest BCUT2D eigenvalue weighted by Crippen LogP contribution is 2.18. The summed E-state index contributed by atoms with van der Waals surface area (Å²) in [4.78, 5) is 23.2. The van der Waals surface area contributed by atoms with Crippen LogP contribution in [0.3, 0.4) is 0 Å². The van der Waals surface area contributed by atoms with Crippen molar-refractivity contribution < 1.29 is 14.0 Å². The number of thioether (sulfide) groups is 1. The van der Waals surface area contributed by atoms with Crippen LogP contribution in [0.25, 0.3) is 0 Å². The van der Waals surface area contributed by atoms with E-state index < -0.39 is 5.82 Å². The Morgan fingerprint density at radius 3 is 2.77 bits per heavy atom. The summed E-state index contributed by atoms with van der Waals surface area (Å²) in [6.07, 6.45) is 0.374. The molecule has 1 aromatic carbocycles. The van der Waals surface area contributed by atoms with Crippen molar-refractivity contribution in [3.63, 3.8) is 0 Å². The Bertz CT molecular complexity index is 778. The molecule has 0 aliphatic heterocycles. The summed E-state index contributed by atoms with van der Waals surface area (Å²) < 4.78 is 15.8. The minimum absolute atomic E-state index is 0.128. The third kappa shape index (κ3) is 5.91. The van der Waals surface area contributed by atoms with Crippen LogP contribution in [0.4, 0.5) is 4.39 Å². The smallest absolute Gasteiger partial charge is 0.216 e. The van der Waals surface area contributed by atoms with E-state index in [1.807, 2.05) is 0 Å². The number of halogens is 1. The van der Waals surface area contributed by atoms with Gasteiger partial charge in [0.1, 0.15) is 5.82 Å². The molecule has 7 nitrogen and oxygen atoms in total. The fourth-order valence-corrected chi connectivity index (χ4v) is 3.05. The summed E-state index contributed by atoms with van der Waals surface area (Å²) >= 11 is 1.23. The number of hydrogen-bond donors (Lipinski definition) is 1. The van der Waals surface area contributed by atoms with Crippen LogP contribution >= 0.6 is 11.8 Å². The minimum atomic E-state index is -0.448. The molecule has 1 heterocycles. The topological polar surface area (TPSA) is 89.8 Å². The zero-order valence-corrected chi connectivity index (χ0v) is 15.8. The van der Waals surface area contributed by atoms with Crippen molar-refractivity contribution in [3.8, 4) is 0 Å². The molecule has 0 radical (unpaired) electrons. The van der Waals surface area contributed by atoms with E-state index in [9.17, 15) is 14.0 Å². The molecular weight excluding hydrogens is 357 g/mol. The van der Waals surface area contributed by atoms with Crippen LogP contribution in [0.5, 0.6) is 0 Å². The maximum Gasteiger partial charge on any atom is 0.216 e. The summed E-state index contributed by atoms with van der Waals surface area (Å²) in [6, 6.07) is 4.42. The van der Waals surface area contributed by atoms with Gasteiger partial charge in [-0.25, -0.2) is 9.07 Å². The lowest BCUT2D eigenvalue weighted by molar-refractivity contribution is -0.118. The molecule has 140 valence electrons. The van der Waals surface area contributed by atoms with Crippen molar-refractivity contribution >= 4 is 23.5 Å². The molecule has 1 amide bonds. The molecule has 2 aromatic rings. The summed E-state index contributed by atoms with van der Waals surface area (Å²) in [7, 11) is 0. The van der Waals surface area contributed by atoms with Gasteiger partial charge in [-0.3, -0.25) is 9.59 Å². The lowest BCUT2D eigenvalue weighted by Gasteiger charge is -2.08. The average molecular weight is 379 g/mol. The van der Waals surface area contributed by atoms with Crippen molar-refractivity contribution in [2.24, 2.45) is 5.92 Å². The van der Waals surface area contributed by atoms with Crippen LogP contribution in [-0.4, -0.2) is 44.2 Å². The Morgan fingerprint density at radius 1 is 1.35 bits per heavy atom. The van der Waals surface area contributed by atoms with E-state index in [0.717, 1.165) is 0 Å². The Balaban J connectivity index is 1.94. The second-order valence-corrected chi connectivity index (χ2v) is 7.23. The van der Waals surface area contributed by atoms with E-state index in [2.05, 4.69) is 34.7 Å². The number of benzene rings is 1. The summed E-state index contributed by atoms with van der Waals surface area (Å²) in [5.41, 5.74) is 0.769. The van der Waals surface area contributed by atoms with Crippen molar-refractivity contribution in [1.82, 2.24) is 25.5 Å². The first-order chi connectivity index (χ1) is 12.4. The zero-order chi connectivity index (χ0) is 19.1. The molecule has 0 aliphatic carbocycles. The SMILES string of the molecule is CC(=O)NCCc1ccc(C(=O)CSc2nnnn2CC(C)C)cc1F. The van der Waals surface area contributed by atoms with Crippen molar-refractivity contribution in [1.29, 1.82) is 0 Å². The highest BCUT2D eigenvalue weighted by Gasteiger charge is 2.14. The van der Waals surface area contributed by atoms with Crippen LogP contribution in [-0.2, 0) is 17.8 Å². The van der Waals surface area contributed by atoms with Gasteiger partial charge in [-0.05, 0) is 34.4 Å². The second-order valence-electron chi connectivity index (χ2n) is 6.29. The molecule has 0 atom stereocenters. The molecule has 26 heavy (non-hydrogen) atoms. The molecule has 1 N–H and O–H groups in total. The fourth-order valence-electron chi connectivity index (χ4n) is 2.27. The largest absolute Gasteiger partial charge is 0.356 e. The van der Waals surface area contributed by atoms with Gasteiger partial charge < -0.3 is 5.32 Å². The van der Waals surface area contributed by atoms with Crippen molar-refractivity contribution in [2.45, 2.75) is 38.9 Å². The molecule has 0 saturated heterocycles. The predicted molar refractivity (Wildman–Crippen MR) is 96.5 cm³/mol. The van der Waals surface area contributed by atoms with E-state index >= 15 is 0 Å². The standard InChI is InChI=1S/C17H22FN5O2S/c1-11(2)9-23-17(20-21-22-23)26-10-16(25)14-5-4-13(15(18)8-14)6-7-19-12(3)24/h4-5,8,11H,6-7,9-10H2,1-3H3,(H,19,24). The molecule has 1 aromatic heterocycles. The van der Waals surface area contributed by atoms with E-state index in [1.165, 1.54) is 24.8 Å². The Labute approximate surface area is 155 Å². The number of Topliss-reactive ketones (excluding diaryl/α,β-unsaturated/α-hetero) is 1. The number of nitrogens with one attached hydrogen (secondary N) is 1. The number of nitrogens with zero attached hydrogens (tertiary/aromatic N) is 4. The highest BCUT2D eigenvalue weighted by atomic mass is 32.2. The van der Waals surface area contributed by atoms with Crippen LogP contribution in [0, 0.1) is 11.7 Å². The van der Waals surface area contributed by atoms with Gasteiger partial charge >= 0.3 is 0 Å². The minimum Gasteiger partial charge on any atom is -0.356 e. The van der Waals surface area contributed by atoms with Gasteiger partial charge in [0.25, 0.3) is 0 Å². The van der Waals surface area contributed by atoms with Gasteiger partial charge in [-0.2, -0.15) is 0 Å². The number of carbonyl (C=O) groups is 2. The molecule has 2 rings (SSSR count). The maximum absolute atomic E-state index is 14.1. The Hall–Kier alpha value is -2.29. The number of amides is 1. The maximum atomic E-state index is 14.1. The molecule has 0 unspecified atom stereocenters. The second kappa shape index (κ2) is 9.42. The van der Waals surface area contributed by atoms with Crippen LogP contribution in [0.1, 0.15) is 36.7 Å². The van der Waals surface area contributed by atoms with Gasteiger partial charge in [-0.1, -0.05) is 37.7 Å². The Kier molecular flexibility index (Phi) is 7.26. The van der Waals surface area contributed by atoms with Gasteiger partial charge in [0, 0.05) is 25.6 Å². The first-order valence-electron chi connectivity index (χ1n) is 8.32. The first-order valence-corrected chi connectivity index (χ1v) is 9.30. The summed E-state index contributed by atoms with van der Waals surface area (Å²) in [5, 5.41) is 14.6. The number of ketones is 1. The predicted octanol–water partition coefficient (Wildman–Crippen LogP) is 2.12. The number of tetrazole rings is 1.